The third kappa shape index (κ3) is 22.3. The van der Waals surface area contributed by atoms with Crippen LogP contribution in [0.2, 0.25) is 0 Å². The molecule has 9 heterocycles. The summed E-state index contributed by atoms with van der Waals surface area (Å²) < 4.78 is 35.0. The summed E-state index contributed by atoms with van der Waals surface area (Å²) in [4.78, 5) is 51.2. The van der Waals surface area contributed by atoms with Crippen LogP contribution in [0.15, 0.2) is 88.3 Å². The molecule has 3 fully saturated rings. The first-order valence-corrected chi connectivity index (χ1v) is 38.7. The molecule has 23 nitrogen and oxygen atoms in total. The molecular weight excluding hydrogens is 1370 g/mol. The van der Waals surface area contributed by atoms with Crippen molar-refractivity contribution in [3.8, 4) is 66.2 Å². The number of aryl methyl sites for hydroxylation is 4. The van der Waals surface area contributed by atoms with Crippen molar-refractivity contribution in [3.63, 3.8) is 0 Å². The Labute approximate surface area is 605 Å². The lowest BCUT2D eigenvalue weighted by Crippen LogP contribution is -2.33. The van der Waals surface area contributed by atoms with Gasteiger partial charge in [0.25, 0.3) is 0 Å². The summed E-state index contributed by atoms with van der Waals surface area (Å²) in [6.07, 6.45) is 11.7. The summed E-state index contributed by atoms with van der Waals surface area (Å²) >= 11 is 9.49. The Morgan fingerprint density at radius 2 is 0.636 bits per heavy atom. The summed E-state index contributed by atoms with van der Waals surface area (Å²) in [5, 5.41) is 4.64. The van der Waals surface area contributed by atoms with E-state index in [9.17, 15) is 0 Å². The minimum atomic E-state index is 0.367. The normalized spacial score (nSPS) is 14.4. The van der Waals surface area contributed by atoms with Crippen LogP contribution in [-0.2, 0) is 17.3 Å². The zero-order valence-electron chi connectivity index (χ0n) is 57.6. The molecule has 0 atom stereocenters. The lowest BCUT2D eigenvalue weighted by molar-refractivity contribution is 0.180. The van der Waals surface area contributed by atoms with E-state index in [4.69, 9.17) is 72.0 Å². The maximum absolute atomic E-state index is 6.14. The number of thioether (sulfide) groups is 3. The van der Waals surface area contributed by atoms with Gasteiger partial charge in [0, 0.05) is 92.1 Å². The number of aromatic nitrogens is 9. The highest BCUT2D eigenvalue weighted by Gasteiger charge is 2.21. The predicted molar refractivity (Wildman–Crippen MR) is 405 cm³/mol. The Kier molecular flexibility index (Phi) is 27.9. The van der Waals surface area contributed by atoms with Crippen LogP contribution in [-0.4, -0.2) is 160 Å². The first kappa shape index (κ1) is 74.2. The summed E-state index contributed by atoms with van der Waals surface area (Å²) in [6, 6.07) is 22.9. The van der Waals surface area contributed by atoms with Crippen LogP contribution in [0.1, 0.15) is 95.2 Å². The molecule has 3 aliphatic rings. The first-order chi connectivity index (χ1) is 48.0. The number of piperidine rings is 3. The van der Waals surface area contributed by atoms with Crippen LogP contribution in [0.4, 0.5) is 29.1 Å². The van der Waals surface area contributed by atoms with Gasteiger partial charge >= 0.3 is 0 Å². The molecule has 0 amide bonds. The molecule has 99 heavy (non-hydrogen) atoms. The van der Waals surface area contributed by atoms with E-state index in [0.717, 1.165) is 145 Å². The number of ether oxygens (including phenoxy) is 6. The number of methoxy groups -OCH3 is 3. The van der Waals surface area contributed by atoms with Gasteiger partial charge < -0.3 is 57.1 Å². The topological polar surface area (TPSA) is 311 Å². The lowest BCUT2D eigenvalue weighted by atomic mass is 10.1. The van der Waals surface area contributed by atoms with Crippen LogP contribution in [0.3, 0.4) is 0 Å². The lowest BCUT2D eigenvalue weighted by Gasteiger charge is -2.26. The fourth-order valence-electron chi connectivity index (χ4n) is 11.3. The highest BCUT2D eigenvalue weighted by Crippen LogP contribution is 2.40. The number of hydrogen-bond donors (Lipinski definition) is 5. The van der Waals surface area contributed by atoms with Gasteiger partial charge in [-0.2, -0.15) is 0 Å². The van der Waals surface area contributed by atoms with E-state index in [0.29, 0.717) is 81.6 Å². The van der Waals surface area contributed by atoms with Gasteiger partial charge in [0.15, 0.2) is 50.0 Å². The predicted octanol–water partition coefficient (Wildman–Crippen LogP) is 13.4. The summed E-state index contributed by atoms with van der Waals surface area (Å²) in [5.41, 5.74) is 35.9. The molecular formula is C70H91N17O6S6. The average molecular weight is 1460 g/mol. The molecule has 0 bridgehead atoms. The molecule has 528 valence electrons. The molecule has 29 heteroatoms. The Bertz CT molecular complexity index is 3600. The summed E-state index contributed by atoms with van der Waals surface area (Å²) in [6.45, 7) is 19.9. The van der Waals surface area contributed by atoms with Crippen LogP contribution in [0.25, 0.3) is 31.7 Å². The van der Waals surface area contributed by atoms with E-state index in [1.165, 1.54) is 99.3 Å². The molecule has 0 unspecified atom stereocenters. The molecule has 3 aromatic carbocycles. The monoisotopic (exact) mass is 1460 g/mol. The van der Waals surface area contributed by atoms with Crippen LogP contribution in [0, 0.1) is 27.7 Å². The van der Waals surface area contributed by atoms with Gasteiger partial charge in [-0.05, 0) is 160 Å². The second kappa shape index (κ2) is 37.3. The van der Waals surface area contributed by atoms with Gasteiger partial charge in [0.05, 0.1) is 38.4 Å². The smallest absolute Gasteiger partial charge is 0.191 e. The van der Waals surface area contributed by atoms with E-state index >= 15 is 0 Å². The third-order valence-corrected chi connectivity index (χ3v) is 22.4. The standard InChI is InChI=1S/C24H31N5O2S2.2C23H30N6O2S2/c1-16-13-22(25)28-24(26-16)32-15-19-17(2)33-23(27-19)18-7-8-20(30-3)21(14-18)31-12-11-29-9-5-4-6-10-29;2*1-15-17(14-32-23-27-20(24)13-21(25)28-23)26-22(33-15)16-6-7-18(30-2)19(12-16)31-11-10-29-8-4-3-5-9-29/h7-8,13-14H,4-6,9-12,15H2,1-3H3,(H2,25,26,28);2*6-7,12-13H,3-5,8-11,14H2,1-2H3,(H4,24,25,27,28). The fraction of sp³-hybridized carbons (Fsp3) is 0.443. The highest BCUT2D eigenvalue weighted by atomic mass is 32.2. The molecule has 6 aromatic heterocycles. The fourth-order valence-corrected chi connectivity index (χ4v) is 17.1. The largest absolute Gasteiger partial charge is 0.493 e. The number of nitrogen functional groups attached to an aromatic ring is 5. The molecule has 12 rings (SSSR count). The maximum Gasteiger partial charge on any atom is 0.191 e. The second-order valence-electron chi connectivity index (χ2n) is 24.0. The zero-order valence-corrected chi connectivity index (χ0v) is 62.5. The molecule has 3 saturated heterocycles. The molecule has 10 N–H and O–H groups in total. The van der Waals surface area contributed by atoms with Crippen molar-refractivity contribution in [3.05, 3.63) is 110 Å². The van der Waals surface area contributed by atoms with Crippen molar-refractivity contribution >= 4 is 98.4 Å². The number of thiazole rings is 3. The number of nitrogens with two attached hydrogens (primary N) is 5. The van der Waals surface area contributed by atoms with E-state index in [1.54, 1.807) is 85.3 Å². The quantitative estimate of drug-likeness (QED) is 0.0236. The molecule has 0 spiro atoms. The van der Waals surface area contributed by atoms with E-state index in [2.05, 4.69) is 65.4 Å². The number of rotatable bonds is 27. The Balaban J connectivity index is 0.000000161. The van der Waals surface area contributed by atoms with Crippen molar-refractivity contribution in [2.24, 2.45) is 0 Å². The molecule has 0 aliphatic carbocycles. The highest BCUT2D eigenvalue weighted by molar-refractivity contribution is 7.98. The average Bonchev–Trinajstić information content (AvgIpc) is 1.72. The van der Waals surface area contributed by atoms with Crippen LogP contribution in [0.5, 0.6) is 34.5 Å². The molecule has 0 radical (unpaired) electrons. The van der Waals surface area contributed by atoms with Gasteiger partial charge in [-0.3, -0.25) is 14.7 Å². The number of hydrogen-bond acceptors (Lipinski definition) is 29. The number of likely N-dealkylation sites (tertiary alicyclic amines) is 3. The minimum Gasteiger partial charge on any atom is -0.493 e. The van der Waals surface area contributed by atoms with Crippen molar-refractivity contribution in [2.75, 3.05) is 129 Å². The van der Waals surface area contributed by atoms with Crippen LogP contribution < -0.4 is 57.1 Å². The van der Waals surface area contributed by atoms with E-state index < -0.39 is 0 Å². The van der Waals surface area contributed by atoms with Crippen molar-refractivity contribution in [1.29, 1.82) is 0 Å². The van der Waals surface area contributed by atoms with Crippen molar-refractivity contribution in [2.45, 2.75) is 118 Å². The van der Waals surface area contributed by atoms with Gasteiger partial charge in [0.1, 0.15) is 63.9 Å². The number of anilines is 5. The van der Waals surface area contributed by atoms with Crippen molar-refractivity contribution in [1.82, 2.24) is 59.6 Å². The Hall–Kier alpha value is -7.48. The van der Waals surface area contributed by atoms with E-state index in [-0.39, 0.29) is 0 Å². The molecule has 9 aromatic rings. The minimum absolute atomic E-state index is 0.367. The van der Waals surface area contributed by atoms with Gasteiger partial charge in [0.2, 0.25) is 0 Å². The Morgan fingerprint density at radius 3 is 0.919 bits per heavy atom. The zero-order chi connectivity index (χ0) is 69.6. The summed E-state index contributed by atoms with van der Waals surface area (Å²) in [5.74, 6) is 8.41. The number of nitrogens with zero attached hydrogens (tertiary/aromatic N) is 12. The van der Waals surface area contributed by atoms with Gasteiger partial charge in [-0.15, -0.1) is 34.0 Å². The van der Waals surface area contributed by atoms with Crippen LogP contribution >= 0.6 is 69.3 Å². The molecule has 0 saturated carbocycles. The van der Waals surface area contributed by atoms with Gasteiger partial charge in [-0.1, -0.05) is 54.5 Å². The number of benzene rings is 3. The first-order valence-electron chi connectivity index (χ1n) is 33.3. The van der Waals surface area contributed by atoms with Crippen molar-refractivity contribution < 1.29 is 28.4 Å². The third-order valence-electron chi connectivity index (χ3n) is 16.6. The maximum atomic E-state index is 6.14. The Morgan fingerprint density at radius 1 is 0.354 bits per heavy atom. The van der Waals surface area contributed by atoms with Gasteiger partial charge in [-0.25, -0.2) is 44.9 Å². The van der Waals surface area contributed by atoms with E-state index in [1.807, 2.05) is 61.5 Å². The SMILES string of the molecule is COc1ccc(-c2nc(CSc3nc(C)cc(N)n3)c(C)s2)cc1OCCN1CCCCC1.COc1ccc(-c2nc(CSc3nc(N)cc(N)n3)c(C)s2)cc1OCCN1CCCCC1.COc1ccc(-c2nc(CSc3nc(N)cc(N)n3)c(C)s2)cc1OCCN1CCCCC1. The molecule has 3 aliphatic heterocycles. The second-order valence-corrected chi connectivity index (χ2v) is 30.4. The summed E-state index contributed by atoms with van der Waals surface area (Å²) in [7, 11) is 5.01.